The Morgan fingerprint density at radius 3 is 2.77 bits per heavy atom. The molecule has 0 aliphatic carbocycles. The maximum atomic E-state index is 11.6. The van der Waals surface area contributed by atoms with Crippen LogP contribution in [0, 0.1) is 11.3 Å². The first-order valence-corrected chi connectivity index (χ1v) is 9.61. The summed E-state index contributed by atoms with van der Waals surface area (Å²) < 4.78 is 4.95. The first kappa shape index (κ1) is 17.9. The number of ether oxygens (including phenoxy) is 1. The van der Waals surface area contributed by atoms with E-state index in [2.05, 4.69) is 16.4 Å². The number of rotatable bonds is 6. The van der Waals surface area contributed by atoms with Crippen LogP contribution in [-0.2, 0) is 4.74 Å². The van der Waals surface area contributed by atoms with Gasteiger partial charge in [0, 0.05) is 17.3 Å². The summed E-state index contributed by atoms with van der Waals surface area (Å²) in [6.07, 6.45) is 1.62. The lowest BCUT2D eigenvalue weighted by Gasteiger charge is -2.04. The highest BCUT2D eigenvalue weighted by molar-refractivity contribution is 7.14. The fraction of sp³-hybridized carbons (Fsp3) is 0.105. The summed E-state index contributed by atoms with van der Waals surface area (Å²) in [6.45, 7) is 2.11. The van der Waals surface area contributed by atoms with E-state index < -0.39 is 0 Å². The molecule has 130 valence electrons. The number of nitrogens with zero attached hydrogens (tertiary/aromatic N) is 2. The lowest BCUT2D eigenvalue weighted by atomic mass is 10.2. The third-order valence-electron chi connectivity index (χ3n) is 3.41. The Morgan fingerprint density at radius 1 is 1.31 bits per heavy atom. The Bertz CT molecular complexity index is 952. The molecule has 0 spiro atoms. The lowest BCUT2D eigenvalue weighted by molar-refractivity contribution is 0.0526. The van der Waals surface area contributed by atoms with E-state index in [0.717, 1.165) is 16.3 Å². The number of allylic oxidation sites excluding steroid dienone is 1. The molecule has 0 aliphatic rings. The van der Waals surface area contributed by atoms with Gasteiger partial charge in [0.25, 0.3) is 0 Å². The van der Waals surface area contributed by atoms with Crippen molar-refractivity contribution in [3.8, 4) is 16.6 Å². The molecule has 26 heavy (non-hydrogen) atoms. The van der Waals surface area contributed by atoms with Gasteiger partial charge < -0.3 is 10.1 Å². The summed E-state index contributed by atoms with van der Waals surface area (Å²) in [4.78, 5) is 17.3. The average molecular weight is 381 g/mol. The normalized spacial score (nSPS) is 11.0. The molecule has 2 heterocycles. The molecule has 3 aromatic rings. The fourth-order valence-electron chi connectivity index (χ4n) is 2.15. The van der Waals surface area contributed by atoms with Crippen molar-refractivity contribution in [1.82, 2.24) is 4.98 Å². The number of hydrogen-bond donors (Lipinski definition) is 1. The van der Waals surface area contributed by atoms with E-state index in [4.69, 9.17) is 4.74 Å². The highest BCUT2D eigenvalue weighted by Gasteiger charge is 2.10. The predicted octanol–water partition coefficient (Wildman–Crippen LogP) is 5.02. The second kappa shape index (κ2) is 8.43. The molecule has 0 radical (unpaired) electrons. The van der Waals surface area contributed by atoms with Crippen LogP contribution < -0.4 is 5.32 Å². The van der Waals surface area contributed by atoms with Crippen LogP contribution in [0.1, 0.15) is 22.3 Å². The molecule has 0 atom stereocenters. The number of thiophene rings is 1. The average Bonchev–Trinajstić information content (AvgIpc) is 3.35. The van der Waals surface area contributed by atoms with Crippen LogP contribution in [-0.4, -0.2) is 17.6 Å². The first-order chi connectivity index (χ1) is 12.7. The number of nitriles is 1. The summed E-state index contributed by atoms with van der Waals surface area (Å²) in [5, 5.41) is 17.1. The van der Waals surface area contributed by atoms with Gasteiger partial charge >= 0.3 is 5.97 Å². The second-order valence-corrected chi connectivity index (χ2v) is 6.93. The number of esters is 1. The Labute approximate surface area is 159 Å². The highest BCUT2D eigenvalue weighted by atomic mass is 32.1. The highest BCUT2D eigenvalue weighted by Crippen LogP contribution is 2.28. The van der Waals surface area contributed by atoms with Gasteiger partial charge in [0.05, 0.1) is 22.7 Å². The Kier molecular flexibility index (Phi) is 5.79. The number of benzene rings is 1. The molecular formula is C19H15N3O2S2. The predicted molar refractivity (Wildman–Crippen MR) is 105 cm³/mol. The van der Waals surface area contributed by atoms with E-state index in [1.807, 2.05) is 22.9 Å². The largest absolute Gasteiger partial charge is 0.462 e. The number of hydrogen-bond acceptors (Lipinski definition) is 7. The molecule has 0 saturated heterocycles. The summed E-state index contributed by atoms with van der Waals surface area (Å²) in [6, 6.07) is 13.0. The van der Waals surface area contributed by atoms with Crippen molar-refractivity contribution in [2.75, 3.05) is 11.9 Å². The van der Waals surface area contributed by atoms with E-state index in [-0.39, 0.29) is 5.97 Å². The number of carbonyl (C=O) groups is 1. The van der Waals surface area contributed by atoms with Crippen LogP contribution in [0.5, 0.6) is 0 Å². The quantitative estimate of drug-likeness (QED) is 0.479. The lowest BCUT2D eigenvalue weighted by Crippen LogP contribution is -2.04. The van der Waals surface area contributed by atoms with Crippen molar-refractivity contribution in [2.24, 2.45) is 0 Å². The third-order valence-corrected chi connectivity index (χ3v) is 5.18. The molecule has 0 aliphatic heterocycles. The standard InChI is InChI=1S/C19H15N3O2S2/c1-2-24-19(23)13-5-7-15(8-6-13)21-11-14(10-20)18-22-16(12-26-18)17-4-3-9-25-17/h3-9,11-12,21H,2H2,1H3. The van der Waals surface area contributed by atoms with E-state index in [1.54, 1.807) is 48.7 Å². The first-order valence-electron chi connectivity index (χ1n) is 7.85. The van der Waals surface area contributed by atoms with Gasteiger partial charge in [0.1, 0.15) is 16.6 Å². The number of anilines is 1. The van der Waals surface area contributed by atoms with Crippen LogP contribution in [0.2, 0.25) is 0 Å². The molecule has 1 N–H and O–H groups in total. The van der Waals surface area contributed by atoms with Crippen LogP contribution in [0.4, 0.5) is 5.69 Å². The Hall–Kier alpha value is -2.95. The van der Waals surface area contributed by atoms with Crippen molar-refractivity contribution < 1.29 is 9.53 Å². The van der Waals surface area contributed by atoms with Crippen molar-refractivity contribution in [2.45, 2.75) is 6.92 Å². The minimum Gasteiger partial charge on any atom is -0.462 e. The van der Waals surface area contributed by atoms with Crippen molar-refractivity contribution in [1.29, 1.82) is 5.26 Å². The van der Waals surface area contributed by atoms with E-state index in [9.17, 15) is 10.1 Å². The maximum Gasteiger partial charge on any atom is 0.338 e. The molecule has 3 rings (SSSR count). The fourth-order valence-corrected chi connectivity index (χ4v) is 3.70. The minimum atomic E-state index is -0.351. The summed E-state index contributed by atoms with van der Waals surface area (Å²) >= 11 is 3.05. The molecule has 5 nitrogen and oxygen atoms in total. The molecule has 0 unspecified atom stereocenters. The Morgan fingerprint density at radius 2 is 2.12 bits per heavy atom. The number of aromatic nitrogens is 1. The molecule has 0 saturated carbocycles. The van der Waals surface area contributed by atoms with Gasteiger partial charge in [0.2, 0.25) is 0 Å². The number of nitrogens with one attached hydrogen (secondary N) is 1. The van der Waals surface area contributed by atoms with Crippen molar-refractivity contribution >= 4 is 39.9 Å². The van der Waals surface area contributed by atoms with E-state index in [1.165, 1.54) is 11.3 Å². The van der Waals surface area contributed by atoms with Gasteiger partial charge in [-0.15, -0.1) is 22.7 Å². The summed E-state index contributed by atoms with van der Waals surface area (Å²) in [7, 11) is 0. The van der Waals surface area contributed by atoms with Gasteiger partial charge in [-0.3, -0.25) is 0 Å². The zero-order valence-electron chi connectivity index (χ0n) is 13.9. The molecule has 0 fully saturated rings. The van der Waals surface area contributed by atoms with Crippen LogP contribution in [0.25, 0.3) is 16.1 Å². The minimum absolute atomic E-state index is 0.342. The van der Waals surface area contributed by atoms with Gasteiger partial charge in [-0.1, -0.05) is 6.07 Å². The van der Waals surface area contributed by atoms with Crippen LogP contribution in [0.3, 0.4) is 0 Å². The second-order valence-electron chi connectivity index (χ2n) is 5.13. The third kappa shape index (κ3) is 4.17. The van der Waals surface area contributed by atoms with Gasteiger partial charge in [0.15, 0.2) is 0 Å². The van der Waals surface area contributed by atoms with Crippen molar-refractivity contribution in [3.05, 3.63) is 63.9 Å². The van der Waals surface area contributed by atoms with E-state index >= 15 is 0 Å². The summed E-state index contributed by atoms with van der Waals surface area (Å²) in [5.41, 5.74) is 2.58. The topological polar surface area (TPSA) is 75.0 Å². The SMILES string of the molecule is CCOC(=O)c1ccc(NC=C(C#N)c2nc(-c3cccs3)cs2)cc1. The molecular weight excluding hydrogens is 366 g/mol. The van der Waals surface area contributed by atoms with Crippen LogP contribution in [0.15, 0.2) is 53.4 Å². The Balaban J connectivity index is 1.72. The summed E-state index contributed by atoms with van der Waals surface area (Å²) in [5.74, 6) is -0.351. The van der Waals surface area contributed by atoms with E-state index in [0.29, 0.717) is 22.8 Å². The van der Waals surface area contributed by atoms with Gasteiger partial charge in [-0.25, -0.2) is 9.78 Å². The molecule has 1 aromatic carbocycles. The van der Waals surface area contributed by atoms with Gasteiger partial charge in [-0.05, 0) is 42.6 Å². The smallest absolute Gasteiger partial charge is 0.338 e. The zero-order chi connectivity index (χ0) is 18.4. The van der Waals surface area contributed by atoms with Gasteiger partial charge in [-0.2, -0.15) is 5.26 Å². The number of carbonyl (C=O) groups excluding carboxylic acids is 1. The zero-order valence-corrected chi connectivity index (χ0v) is 15.6. The molecule has 0 bridgehead atoms. The maximum absolute atomic E-state index is 11.6. The molecule has 0 amide bonds. The van der Waals surface area contributed by atoms with Crippen LogP contribution >= 0.6 is 22.7 Å². The molecule has 7 heteroatoms. The monoisotopic (exact) mass is 381 g/mol. The molecule has 2 aromatic heterocycles. The van der Waals surface area contributed by atoms with Crippen molar-refractivity contribution in [3.63, 3.8) is 0 Å². The number of thiazole rings is 1.